The minimum atomic E-state index is 0.115. The van der Waals surface area contributed by atoms with Crippen molar-refractivity contribution in [3.63, 3.8) is 0 Å². The second-order valence-electron chi connectivity index (χ2n) is 9.63. The molecular formula is C22H32N2O2S. The van der Waals surface area contributed by atoms with Gasteiger partial charge in [-0.25, -0.2) is 0 Å². The lowest BCUT2D eigenvalue weighted by molar-refractivity contribution is -0.128. The van der Waals surface area contributed by atoms with Crippen molar-refractivity contribution >= 4 is 17.2 Å². The molecule has 1 N–H and O–H groups in total. The van der Waals surface area contributed by atoms with Crippen molar-refractivity contribution < 1.29 is 9.53 Å². The highest BCUT2D eigenvalue weighted by molar-refractivity contribution is 7.09. The molecule has 0 aromatic carbocycles. The number of thiophene rings is 1. The van der Waals surface area contributed by atoms with Crippen molar-refractivity contribution in [1.82, 2.24) is 10.2 Å². The summed E-state index contributed by atoms with van der Waals surface area (Å²) in [7, 11) is 0. The minimum Gasteiger partial charge on any atom is -0.377 e. The summed E-state index contributed by atoms with van der Waals surface area (Å²) in [6.07, 6.45) is 10.5. The average molecular weight is 389 g/mol. The molecule has 0 radical (unpaired) electrons. The fourth-order valence-electron chi connectivity index (χ4n) is 6.69. The molecule has 148 valence electrons. The first-order valence-corrected chi connectivity index (χ1v) is 11.7. The first-order valence-electron chi connectivity index (χ1n) is 10.8. The summed E-state index contributed by atoms with van der Waals surface area (Å²) in [6, 6.07) is 4.27. The molecule has 27 heavy (non-hydrogen) atoms. The van der Waals surface area contributed by atoms with E-state index in [-0.39, 0.29) is 17.6 Å². The number of amides is 1. The van der Waals surface area contributed by atoms with Crippen LogP contribution >= 0.6 is 11.3 Å². The lowest BCUT2D eigenvalue weighted by Crippen LogP contribution is -2.61. The van der Waals surface area contributed by atoms with Gasteiger partial charge < -0.3 is 10.1 Å². The van der Waals surface area contributed by atoms with Crippen LogP contribution < -0.4 is 5.32 Å². The van der Waals surface area contributed by atoms with E-state index in [1.165, 1.54) is 43.4 Å². The highest BCUT2D eigenvalue weighted by Crippen LogP contribution is 2.55. The van der Waals surface area contributed by atoms with Crippen LogP contribution in [0.5, 0.6) is 0 Å². The summed E-state index contributed by atoms with van der Waals surface area (Å²) in [6.45, 7) is 3.09. The first kappa shape index (κ1) is 18.1. The molecule has 4 nitrogen and oxygen atoms in total. The van der Waals surface area contributed by atoms with E-state index < -0.39 is 0 Å². The van der Waals surface area contributed by atoms with Gasteiger partial charge in [-0.1, -0.05) is 6.07 Å². The molecule has 5 aliphatic rings. The third-order valence-electron chi connectivity index (χ3n) is 7.26. The van der Waals surface area contributed by atoms with E-state index in [9.17, 15) is 4.79 Å². The molecule has 1 saturated heterocycles. The van der Waals surface area contributed by atoms with E-state index >= 15 is 0 Å². The molecule has 6 rings (SSSR count). The van der Waals surface area contributed by atoms with Crippen molar-refractivity contribution in [1.29, 1.82) is 0 Å². The summed E-state index contributed by atoms with van der Waals surface area (Å²) < 4.78 is 5.85. The lowest BCUT2D eigenvalue weighted by atomic mass is 9.53. The number of nitrogens with one attached hydrogen (secondary N) is 1. The Hall–Kier alpha value is -0.910. The zero-order valence-electron chi connectivity index (χ0n) is 16.2. The Kier molecular flexibility index (Phi) is 5.03. The second kappa shape index (κ2) is 7.49. The van der Waals surface area contributed by atoms with Crippen LogP contribution in [-0.2, 0) is 16.1 Å². The molecule has 1 atom stereocenters. The molecule has 4 aliphatic carbocycles. The Morgan fingerprint density at radius 1 is 1.22 bits per heavy atom. The van der Waals surface area contributed by atoms with Crippen LogP contribution in [-0.4, -0.2) is 42.1 Å². The standard InChI is InChI=1S/C22H32N2O2S/c25-21(23-22-10-16-7-17(11-22)9-18(8-16)12-22)15-24(13-19-3-1-5-26-19)14-20-4-2-6-27-20/h2,4,6,16-19H,1,3,5,7-15H2,(H,23,25)/t16?,17?,18?,19-,22?/m1/s1. The van der Waals surface area contributed by atoms with Gasteiger partial charge in [0.15, 0.2) is 0 Å². The average Bonchev–Trinajstić information content (AvgIpc) is 3.26. The van der Waals surface area contributed by atoms with Gasteiger partial charge in [0.05, 0.1) is 12.6 Å². The van der Waals surface area contributed by atoms with Crippen molar-refractivity contribution in [2.75, 3.05) is 19.7 Å². The maximum Gasteiger partial charge on any atom is 0.234 e. The SMILES string of the molecule is O=C(CN(Cc1cccs1)C[C@H]1CCCO1)NC12CC3CC(CC(C3)C1)C2. The van der Waals surface area contributed by atoms with Gasteiger partial charge in [0.25, 0.3) is 0 Å². The Labute approximate surface area is 166 Å². The molecular weight excluding hydrogens is 356 g/mol. The van der Waals surface area contributed by atoms with Crippen LogP contribution in [0.25, 0.3) is 0 Å². The number of nitrogens with zero attached hydrogens (tertiary/aromatic N) is 1. The van der Waals surface area contributed by atoms with Crippen LogP contribution in [0.1, 0.15) is 56.2 Å². The lowest BCUT2D eigenvalue weighted by Gasteiger charge is -2.57. The van der Waals surface area contributed by atoms with E-state index in [4.69, 9.17) is 4.74 Å². The summed E-state index contributed by atoms with van der Waals surface area (Å²) in [5.74, 6) is 2.83. The van der Waals surface area contributed by atoms with Crippen LogP contribution in [0.15, 0.2) is 17.5 Å². The number of rotatable bonds is 7. The van der Waals surface area contributed by atoms with Gasteiger partial charge in [-0.15, -0.1) is 11.3 Å². The molecule has 0 unspecified atom stereocenters. The molecule has 1 aromatic heterocycles. The maximum atomic E-state index is 13.1. The highest BCUT2D eigenvalue weighted by atomic mass is 32.1. The Morgan fingerprint density at radius 2 is 1.96 bits per heavy atom. The van der Waals surface area contributed by atoms with Crippen LogP contribution in [0.4, 0.5) is 0 Å². The first-order chi connectivity index (χ1) is 13.2. The summed E-state index contributed by atoms with van der Waals surface area (Å²) in [5, 5.41) is 5.66. The molecule has 1 aliphatic heterocycles. The Bertz CT molecular complexity index is 618. The summed E-state index contributed by atoms with van der Waals surface area (Å²) >= 11 is 1.78. The van der Waals surface area contributed by atoms with E-state index in [1.54, 1.807) is 11.3 Å². The number of hydrogen-bond donors (Lipinski definition) is 1. The largest absolute Gasteiger partial charge is 0.377 e. The van der Waals surface area contributed by atoms with Crippen molar-refractivity contribution in [2.45, 2.75) is 69.6 Å². The molecule has 4 bridgehead atoms. The van der Waals surface area contributed by atoms with Gasteiger partial charge in [-0.05, 0) is 80.6 Å². The monoisotopic (exact) mass is 388 g/mol. The smallest absolute Gasteiger partial charge is 0.234 e. The van der Waals surface area contributed by atoms with Gasteiger partial charge in [-0.3, -0.25) is 9.69 Å². The quantitative estimate of drug-likeness (QED) is 0.772. The number of carbonyl (C=O) groups is 1. The maximum absolute atomic E-state index is 13.1. The molecule has 1 amide bonds. The second-order valence-corrected chi connectivity index (χ2v) is 10.7. The van der Waals surface area contributed by atoms with E-state index in [0.29, 0.717) is 6.54 Å². The van der Waals surface area contributed by atoms with Gasteiger partial charge in [0, 0.05) is 30.1 Å². The Balaban J connectivity index is 1.22. The molecule has 0 spiro atoms. The van der Waals surface area contributed by atoms with Gasteiger partial charge in [0.2, 0.25) is 5.91 Å². The topological polar surface area (TPSA) is 41.6 Å². The third kappa shape index (κ3) is 4.10. The van der Waals surface area contributed by atoms with Crippen molar-refractivity contribution in [3.05, 3.63) is 22.4 Å². The number of hydrogen-bond acceptors (Lipinski definition) is 4. The van der Waals surface area contributed by atoms with E-state index in [2.05, 4.69) is 27.7 Å². The normalized spacial score (nSPS) is 37.2. The van der Waals surface area contributed by atoms with Gasteiger partial charge >= 0.3 is 0 Å². The third-order valence-corrected chi connectivity index (χ3v) is 8.12. The number of ether oxygens (including phenoxy) is 1. The van der Waals surface area contributed by atoms with Crippen molar-refractivity contribution in [2.24, 2.45) is 17.8 Å². The van der Waals surface area contributed by atoms with E-state index in [1.807, 2.05) is 0 Å². The van der Waals surface area contributed by atoms with E-state index in [0.717, 1.165) is 50.3 Å². The molecule has 5 heteroatoms. The fraction of sp³-hybridized carbons (Fsp3) is 0.773. The molecule has 2 heterocycles. The van der Waals surface area contributed by atoms with Crippen molar-refractivity contribution in [3.8, 4) is 0 Å². The molecule has 5 fully saturated rings. The van der Waals surface area contributed by atoms with Gasteiger partial charge in [0.1, 0.15) is 0 Å². The zero-order valence-corrected chi connectivity index (χ0v) is 17.0. The van der Waals surface area contributed by atoms with Gasteiger partial charge in [-0.2, -0.15) is 0 Å². The van der Waals surface area contributed by atoms with Crippen LogP contribution in [0, 0.1) is 17.8 Å². The molecule has 4 saturated carbocycles. The van der Waals surface area contributed by atoms with Crippen LogP contribution in [0.2, 0.25) is 0 Å². The zero-order chi connectivity index (χ0) is 18.3. The Morgan fingerprint density at radius 3 is 2.56 bits per heavy atom. The predicted molar refractivity (Wildman–Crippen MR) is 108 cm³/mol. The summed E-state index contributed by atoms with van der Waals surface area (Å²) in [4.78, 5) is 16.7. The highest BCUT2D eigenvalue weighted by Gasteiger charge is 2.51. The predicted octanol–water partition coefficient (Wildman–Crippen LogP) is 3.81. The fourth-order valence-corrected chi connectivity index (χ4v) is 7.43. The molecule has 1 aromatic rings. The summed E-state index contributed by atoms with van der Waals surface area (Å²) in [5.41, 5.74) is 0.115. The van der Waals surface area contributed by atoms with Crippen LogP contribution in [0.3, 0.4) is 0 Å². The number of carbonyl (C=O) groups excluding carboxylic acids is 1. The minimum absolute atomic E-state index is 0.115.